The topological polar surface area (TPSA) is 66.4 Å². The molecule has 0 heterocycles. The molecule has 1 aromatic rings. The van der Waals surface area contributed by atoms with Crippen molar-refractivity contribution in [2.24, 2.45) is 29.1 Å². The molecular formula is C28H45NO3. The molecule has 0 saturated carbocycles. The van der Waals surface area contributed by atoms with Gasteiger partial charge in [-0.3, -0.25) is 9.59 Å². The van der Waals surface area contributed by atoms with E-state index in [1.54, 1.807) is 0 Å². The van der Waals surface area contributed by atoms with Gasteiger partial charge < -0.3 is 10.4 Å². The van der Waals surface area contributed by atoms with E-state index in [9.17, 15) is 14.7 Å². The third-order valence-electron chi connectivity index (χ3n) is 7.77. The minimum Gasteiger partial charge on any atom is -0.393 e. The molecule has 0 spiro atoms. The maximum atomic E-state index is 13.5. The van der Waals surface area contributed by atoms with Crippen LogP contribution in [0.15, 0.2) is 24.3 Å². The Kier molecular flexibility index (Phi) is 9.51. The number of aliphatic hydroxyl groups excluding tert-OH is 1. The molecular weight excluding hydrogens is 398 g/mol. The quantitative estimate of drug-likeness (QED) is 0.475. The van der Waals surface area contributed by atoms with Gasteiger partial charge in [-0.1, -0.05) is 72.7 Å². The summed E-state index contributed by atoms with van der Waals surface area (Å²) in [5.74, 6) is 0.354. The van der Waals surface area contributed by atoms with Gasteiger partial charge in [-0.05, 0) is 60.5 Å². The lowest BCUT2D eigenvalue weighted by molar-refractivity contribution is -0.130. The number of hydrogen-bond acceptors (Lipinski definition) is 3. The van der Waals surface area contributed by atoms with Crippen LogP contribution in [-0.2, 0) is 16.0 Å². The van der Waals surface area contributed by atoms with Crippen molar-refractivity contribution < 1.29 is 14.7 Å². The van der Waals surface area contributed by atoms with E-state index >= 15 is 0 Å². The Morgan fingerprint density at radius 3 is 2.47 bits per heavy atom. The van der Waals surface area contributed by atoms with E-state index in [0.717, 1.165) is 12.8 Å². The number of carbonyl (C=O) groups is 2. The van der Waals surface area contributed by atoms with Crippen molar-refractivity contribution in [2.75, 3.05) is 0 Å². The minimum absolute atomic E-state index is 0.00321. The molecule has 2 rings (SSSR count). The average Bonchev–Trinajstić information content (AvgIpc) is 2.75. The van der Waals surface area contributed by atoms with Crippen LogP contribution in [-0.4, -0.2) is 22.9 Å². The zero-order chi connectivity index (χ0) is 24.1. The van der Waals surface area contributed by atoms with Gasteiger partial charge in [0.05, 0.1) is 12.1 Å². The molecule has 6 unspecified atom stereocenters. The van der Waals surface area contributed by atoms with Crippen molar-refractivity contribution >= 4 is 11.7 Å². The van der Waals surface area contributed by atoms with Crippen LogP contribution in [0.25, 0.3) is 0 Å². The SMILES string of the molecule is CCC(O)CC(C(=O)NC1c2ccccc2CCC1C)C(C)CCC(=O)C(C)C(C)(C)C. The average molecular weight is 444 g/mol. The number of fused-ring (bicyclic) bond motifs is 1. The maximum absolute atomic E-state index is 13.5. The fraction of sp³-hybridized carbons (Fsp3) is 0.714. The lowest BCUT2D eigenvalue weighted by Crippen LogP contribution is -2.42. The number of hydrogen-bond donors (Lipinski definition) is 2. The Morgan fingerprint density at radius 1 is 1.19 bits per heavy atom. The first-order valence-corrected chi connectivity index (χ1v) is 12.5. The molecule has 4 nitrogen and oxygen atoms in total. The molecule has 0 radical (unpaired) electrons. The van der Waals surface area contributed by atoms with Gasteiger partial charge in [-0.2, -0.15) is 0 Å². The number of carbonyl (C=O) groups excluding carboxylic acids is 2. The summed E-state index contributed by atoms with van der Waals surface area (Å²) < 4.78 is 0. The highest BCUT2D eigenvalue weighted by Gasteiger charge is 2.34. The van der Waals surface area contributed by atoms with Crippen LogP contribution in [0.4, 0.5) is 0 Å². The van der Waals surface area contributed by atoms with Gasteiger partial charge >= 0.3 is 0 Å². The molecule has 0 saturated heterocycles. The zero-order valence-electron chi connectivity index (χ0n) is 21.3. The highest BCUT2D eigenvalue weighted by atomic mass is 16.3. The molecule has 0 bridgehead atoms. The van der Waals surface area contributed by atoms with Crippen molar-refractivity contribution in [1.82, 2.24) is 5.32 Å². The lowest BCUT2D eigenvalue weighted by atomic mass is 9.76. The highest BCUT2D eigenvalue weighted by Crippen LogP contribution is 2.35. The number of aryl methyl sites for hydroxylation is 1. The fourth-order valence-electron chi connectivity index (χ4n) is 4.73. The normalized spacial score (nSPS) is 22.4. The molecule has 1 amide bonds. The summed E-state index contributed by atoms with van der Waals surface area (Å²) in [6.07, 6.45) is 3.81. The van der Waals surface area contributed by atoms with Crippen molar-refractivity contribution in [3.63, 3.8) is 0 Å². The summed E-state index contributed by atoms with van der Waals surface area (Å²) in [6, 6.07) is 8.39. The first kappa shape index (κ1) is 26.6. The number of benzene rings is 1. The van der Waals surface area contributed by atoms with Crippen molar-refractivity contribution in [2.45, 2.75) is 99.1 Å². The van der Waals surface area contributed by atoms with E-state index < -0.39 is 6.10 Å². The number of ketones is 1. The molecule has 1 aliphatic rings. The molecule has 0 fully saturated rings. The second-order valence-corrected chi connectivity index (χ2v) is 11.2. The smallest absolute Gasteiger partial charge is 0.223 e. The Bertz CT molecular complexity index is 766. The number of Topliss-reactive ketones (excluding diaryl/α,β-unsaturated/α-hetero) is 1. The predicted octanol–water partition coefficient (Wildman–Crippen LogP) is 5.87. The van der Waals surface area contributed by atoms with Crippen molar-refractivity contribution in [3.8, 4) is 0 Å². The van der Waals surface area contributed by atoms with Gasteiger partial charge in [0.15, 0.2) is 0 Å². The largest absolute Gasteiger partial charge is 0.393 e. The van der Waals surface area contributed by atoms with Crippen LogP contribution >= 0.6 is 0 Å². The maximum Gasteiger partial charge on any atom is 0.223 e. The summed E-state index contributed by atoms with van der Waals surface area (Å²) in [4.78, 5) is 26.2. The first-order chi connectivity index (χ1) is 15.0. The first-order valence-electron chi connectivity index (χ1n) is 12.5. The summed E-state index contributed by atoms with van der Waals surface area (Å²) in [5, 5.41) is 13.7. The molecule has 4 heteroatoms. The van der Waals surface area contributed by atoms with Gasteiger partial charge in [0.1, 0.15) is 5.78 Å². The summed E-state index contributed by atoms with van der Waals surface area (Å²) in [7, 11) is 0. The number of amides is 1. The molecule has 2 N–H and O–H groups in total. The molecule has 6 atom stereocenters. The summed E-state index contributed by atoms with van der Waals surface area (Å²) in [6.45, 7) is 14.5. The van der Waals surface area contributed by atoms with Crippen molar-refractivity contribution in [3.05, 3.63) is 35.4 Å². The van der Waals surface area contributed by atoms with E-state index in [4.69, 9.17) is 0 Å². The number of nitrogens with one attached hydrogen (secondary N) is 1. The van der Waals surface area contributed by atoms with E-state index in [1.807, 2.05) is 19.9 Å². The van der Waals surface area contributed by atoms with Crippen molar-refractivity contribution in [1.29, 1.82) is 0 Å². The highest BCUT2D eigenvalue weighted by molar-refractivity contribution is 5.82. The molecule has 1 aliphatic carbocycles. The van der Waals surface area contributed by atoms with Gasteiger partial charge in [0.2, 0.25) is 5.91 Å². The summed E-state index contributed by atoms with van der Waals surface area (Å²) in [5.41, 5.74) is 2.48. The molecule has 32 heavy (non-hydrogen) atoms. The fourth-order valence-corrected chi connectivity index (χ4v) is 4.73. The van der Waals surface area contributed by atoms with Gasteiger partial charge in [-0.25, -0.2) is 0 Å². The lowest BCUT2D eigenvalue weighted by Gasteiger charge is -2.34. The third kappa shape index (κ3) is 6.91. The molecule has 1 aromatic carbocycles. The molecule has 0 aliphatic heterocycles. The molecule has 0 aromatic heterocycles. The Hall–Kier alpha value is -1.68. The van der Waals surface area contributed by atoms with E-state index in [-0.39, 0.29) is 40.9 Å². The monoisotopic (exact) mass is 443 g/mol. The standard InChI is InChI=1S/C28H45NO3/c1-8-22(30)17-24(18(2)14-16-25(31)20(4)28(5,6)7)27(32)29-26-19(3)13-15-21-11-9-10-12-23(21)26/h9-12,18-20,22,24,26,30H,8,13-17H2,1-7H3,(H,29,32). The summed E-state index contributed by atoms with van der Waals surface area (Å²) >= 11 is 0. The Balaban J connectivity index is 2.12. The van der Waals surface area contributed by atoms with Crippen LogP contribution in [0, 0.1) is 29.1 Å². The van der Waals surface area contributed by atoms with Crippen LogP contribution in [0.2, 0.25) is 0 Å². The molecule has 180 valence electrons. The van der Waals surface area contributed by atoms with Crippen LogP contribution in [0.5, 0.6) is 0 Å². The van der Waals surface area contributed by atoms with Crippen LogP contribution in [0.3, 0.4) is 0 Å². The van der Waals surface area contributed by atoms with E-state index in [1.165, 1.54) is 11.1 Å². The van der Waals surface area contributed by atoms with Crippen LogP contribution < -0.4 is 5.32 Å². The van der Waals surface area contributed by atoms with E-state index in [0.29, 0.717) is 31.6 Å². The van der Waals surface area contributed by atoms with Gasteiger partial charge in [-0.15, -0.1) is 0 Å². The minimum atomic E-state index is -0.506. The Morgan fingerprint density at radius 2 is 1.84 bits per heavy atom. The third-order valence-corrected chi connectivity index (χ3v) is 7.77. The predicted molar refractivity (Wildman–Crippen MR) is 131 cm³/mol. The second kappa shape index (κ2) is 11.4. The van der Waals surface area contributed by atoms with Gasteiger partial charge in [0, 0.05) is 18.3 Å². The number of rotatable bonds is 10. The van der Waals surface area contributed by atoms with Crippen LogP contribution in [0.1, 0.15) is 97.7 Å². The van der Waals surface area contributed by atoms with E-state index in [2.05, 4.69) is 58.1 Å². The Labute approximate surface area is 195 Å². The second-order valence-electron chi connectivity index (χ2n) is 11.2. The zero-order valence-corrected chi connectivity index (χ0v) is 21.3. The van der Waals surface area contributed by atoms with Gasteiger partial charge in [0.25, 0.3) is 0 Å². The number of aliphatic hydroxyl groups is 1.